The van der Waals surface area contributed by atoms with Crippen LogP contribution in [-0.4, -0.2) is 43.2 Å². The Labute approximate surface area is 198 Å². The van der Waals surface area contributed by atoms with Gasteiger partial charge >= 0.3 is 0 Å². The van der Waals surface area contributed by atoms with Crippen molar-refractivity contribution >= 4 is 27.3 Å². The highest BCUT2D eigenvalue weighted by Gasteiger charge is 2.34. The molecule has 2 aromatic carbocycles. The number of amides is 1. The molecule has 1 saturated heterocycles. The molecule has 1 aliphatic heterocycles. The Kier molecular flexibility index (Phi) is 7.57. The van der Waals surface area contributed by atoms with Gasteiger partial charge < -0.3 is 4.90 Å². The summed E-state index contributed by atoms with van der Waals surface area (Å²) < 4.78 is 41.1. The van der Waals surface area contributed by atoms with Crippen LogP contribution in [0.25, 0.3) is 0 Å². The maximum Gasteiger partial charge on any atom is 0.245 e. The number of carbonyl (C=O) groups is 1. The largest absolute Gasteiger partial charge is 0.337 e. The predicted octanol–water partition coefficient (Wildman–Crippen LogP) is 4.56. The molecule has 0 unspecified atom stereocenters. The summed E-state index contributed by atoms with van der Waals surface area (Å²) in [5, 5.41) is 2.00. The fourth-order valence-corrected chi connectivity index (χ4v) is 6.42. The Morgan fingerprint density at radius 1 is 1.00 bits per heavy atom. The minimum absolute atomic E-state index is 0.0577. The van der Waals surface area contributed by atoms with Crippen molar-refractivity contribution in [2.75, 3.05) is 19.6 Å². The van der Waals surface area contributed by atoms with Gasteiger partial charge in [-0.25, -0.2) is 12.8 Å². The van der Waals surface area contributed by atoms with Crippen LogP contribution in [0.15, 0.2) is 77.0 Å². The lowest BCUT2D eigenvalue weighted by molar-refractivity contribution is -0.137. The normalized spacial score (nSPS) is 15.4. The van der Waals surface area contributed by atoms with E-state index in [4.69, 9.17) is 0 Å². The van der Waals surface area contributed by atoms with Crippen molar-refractivity contribution in [3.8, 4) is 0 Å². The van der Waals surface area contributed by atoms with E-state index in [1.807, 2.05) is 40.6 Å². The zero-order valence-electron chi connectivity index (χ0n) is 18.3. The summed E-state index contributed by atoms with van der Waals surface area (Å²) in [7, 11) is -3.91. The lowest BCUT2D eigenvalue weighted by Gasteiger charge is -2.33. The fraction of sp³-hybridized carbons (Fsp3) is 0.320. The first-order valence-electron chi connectivity index (χ1n) is 11.0. The predicted molar refractivity (Wildman–Crippen MR) is 128 cm³/mol. The SMILES string of the molecule is O=C(C1CCN(S(=O)(=O)c2ccccc2F)CC1)N(CCc1ccccc1)Cc1cccs1. The molecule has 0 N–H and O–H groups in total. The first-order chi connectivity index (χ1) is 15.9. The molecule has 174 valence electrons. The minimum Gasteiger partial charge on any atom is -0.337 e. The number of carbonyl (C=O) groups excluding carboxylic acids is 1. The molecule has 5 nitrogen and oxygen atoms in total. The summed E-state index contributed by atoms with van der Waals surface area (Å²) in [5.74, 6) is -0.936. The molecule has 0 saturated carbocycles. The average molecular weight is 487 g/mol. The molecular weight excluding hydrogens is 459 g/mol. The van der Waals surface area contributed by atoms with E-state index in [-0.39, 0.29) is 29.8 Å². The summed E-state index contributed by atoms with van der Waals surface area (Å²) in [6.07, 6.45) is 1.62. The van der Waals surface area contributed by atoms with Gasteiger partial charge in [-0.15, -0.1) is 11.3 Å². The summed E-state index contributed by atoms with van der Waals surface area (Å²) in [6.45, 7) is 1.57. The van der Waals surface area contributed by atoms with Crippen molar-refractivity contribution in [1.82, 2.24) is 9.21 Å². The molecule has 1 aromatic heterocycles. The van der Waals surface area contributed by atoms with Crippen molar-refractivity contribution in [2.24, 2.45) is 5.92 Å². The fourth-order valence-electron chi connectivity index (χ4n) is 4.16. The monoisotopic (exact) mass is 486 g/mol. The average Bonchev–Trinajstić information content (AvgIpc) is 3.35. The van der Waals surface area contributed by atoms with E-state index in [0.717, 1.165) is 17.4 Å². The Morgan fingerprint density at radius 2 is 1.70 bits per heavy atom. The zero-order valence-corrected chi connectivity index (χ0v) is 19.9. The number of thiophene rings is 1. The van der Waals surface area contributed by atoms with E-state index in [1.165, 1.54) is 28.1 Å². The molecule has 3 aromatic rings. The number of hydrogen-bond donors (Lipinski definition) is 0. The van der Waals surface area contributed by atoms with Crippen LogP contribution in [0.1, 0.15) is 23.3 Å². The maximum absolute atomic E-state index is 14.1. The molecule has 1 amide bonds. The van der Waals surface area contributed by atoms with Gasteiger partial charge in [0, 0.05) is 30.4 Å². The second-order valence-electron chi connectivity index (χ2n) is 8.18. The summed E-state index contributed by atoms with van der Waals surface area (Å²) in [6, 6.07) is 19.5. The Hall–Kier alpha value is -2.55. The van der Waals surface area contributed by atoms with Crippen LogP contribution in [-0.2, 0) is 27.8 Å². The molecule has 0 aliphatic carbocycles. The van der Waals surface area contributed by atoms with Crippen LogP contribution in [0.4, 0.5) is 4.39 Å². The first-order valence-corrected chi connectivity index (χ1v) is 13.4. The van der Waals surface area contributed by atoms with E-state index < -0.39 is 15.8 Å². The minimum atomic E-state index is -3.91. The number of sulfonamides is 1. The zero-order chi connectivity index (χ0) is 23.3. The smallest absolute Gasteiger partial charge is 0.245 e. The molecule has 0 radical (unpaired) electrons. The highest BCUT2D eigenvalue weighted by Crippen LogP contribution is 2.27. The van der Waals surface area contributed by atoms with Gasteiger partial charge in [0.15, 0.2) is 0 Å². The Balaban J connectivity index is 1.42. The summed E-state index contributed by atoms with van der Waals surface area (Å²) >= 11 is 1.62. The molecule has 1 aliphatic rings. The topological polar surface area (TPSA) is 57.7 Å². The van der Waals surface area contributed by atoms with Crippen LogP contribution < -0.4 is 0 Å². The van der Waals surface area contributed by atoms with E-state index >= 15 is 0 Å². The third-order valence-corrected chi connectivity index (χ3v) is 8.80. The van der Waals surface area contributed by atoms with E-state index in [2.05, 4.69) is 12.1 Å². The van der Waals surface area contributed by atoms with E-state index in [0.29, 0.717) is 25.9 Å². The summed E-state index contributed by atoms with van der Waals surface area (Å²) in [5.41, 5.74) is 1.17. The van der Waals surface area contributed by atoms with Crippen LogP contribution in [0.2, 0.25) is 0 Å². The Morgan fingerprint density at radius 3 is 2.36 bits per heavy atom. The number of nitrogens with zero attached hydrogens (tertiary/aromatic N) is 2. The lowest BCUT2D eigenvalue weighted by Crippen LogP contribution is -2.44. The van der Waals surface area contributed by atoms with Crippen molar-refractivity contribution in [1.29, 1.82) is 0 Å². The second-order valence-corrected chi connectivity index (χ2v) is 11.1. The molecular formula is C25H27FN2O3S2. The summed E-state index contributed by atoms with van der Waals surface area (Å²) in [4.78, 5) is 16.1. The maximum atomic E-state index is 14.1. The van der Waals surface area contributed by atoms with Crippen molar-refractivity contribution in [3.63, 3.8) is 0 Å². The molecule has 0 spiro atoms. The first kappa shape index (κ1) is 23.6. The van der Waals surface area contributed by atoms with Gasteiger partial charge in [-0.05, 0) is 48.4 Å². The van der Waals surface area contributed by atoms with Gasteiger partial charge in [-0.3, -0.25) is 4.79 Å². The van der Waals surface area contributed by atoms with Crippen LogP contribution in [0.3, 0.4) is 0 Å². The van der Waals surface area contributed by atoms with E-state index in [9.17, 15) is 17.6 Å². The van der Waals surface area contributed by atoms with Gasteiger partial charge in [0.05, 0.1) is 6.54 Å². The lowest BCUT2D eigenvalue weighted by atomic mass is 9.96. The molecule has 2 heterocycles. The number of halogens is 1. The third-order valence-electron chi connectivity index (χ3n) is 6.01. The second kappa shape index (κ2) is 10.6. The number of piperidine rings is 1. The van der Waals surface area contributed by atoms with Gasteiger partial charge in [-0.1, -0.05) is 48.5 Å². The highest BCUT2D eigenvalue weighted by molar-refractivity contribution is 7.89. The van der Waals surface area contributed by atoms with Crippen LogP contribution >= 0.6 is 11.3 Å². The molecule has 0 atom stereocenters. The molecule has 8 heteroatoms. The van der Waals surface area contributed by atoms with Crippen molar-refractivity contribution in [2.45, 2.75) is 30.7 Å². The van der Waals surface area contributed by atoms with Crippen molar-refractivity contribution in [3.05, 3.63) is 88.4 Å². The standard InChI is InChI=1S/C25H27FN2O3S2/c26-23-10-4-5-11-24(23)33(30,31)28-16-13-21(14-17-28)25(29)27(19-22-9-6-18-32-22)15-12-20-7-2-1-3-8-20/h1-11,18,21H,12-17,19H2. The third kappa shape index (κ3) is 5.69. The molecule has 1 fully saturated rings. The molecule has 0 bridgehead atoms. The highest BCUT2D eigenvalue weighted by atomic mass is 32.2. The van der Waals surface area contributed by atoms with Crippen LogP contribution in [0, 0.1) is 11.7 Å². The number of rotatable bonds is 8. The van der Waals surface area contributed by atoms with Crippen molar-refractivity contribution < 1.29 is 17.6 Å². The number of benzene rings is 2. The quantitative estimate of drug-likeness (QED) is 0.469. The van der Waals surface area contributed by atoms with Gasteiger partial charge in [-0.2, -0.15) is 4.31 Å². The van der Waals surface area contributed by atoms with Gasteiger partial charge in [0.25, 0.3) is 0 Å². The molecule has 33 heavy (non-hydrogen) atoms. The van der Waals surface area contributed by atoms with Gasteiger partial charge in [0.2, 0.25) is 15.9 Å². The van der Waals surface area contributed by atoms with Crippen LogP contribution in [0.5, 0.6) is 0 Å². The molecule has 4 rings (SSSR count). The Bertz CT molecular complexity index is 1160. The van der Waals surface area contributed by atoms with Gasteiger partial charge in [0.1, 0.15) is 10.7 Å². The number of hydrogen-bond acceptors (Lipinski definition) is 4. The van der Waals surface area contributed by atoms with E-state index in [1.54, 1.807) is 11.3 Å².